The molecule has 130 valence electrons. The molecule has 3 N–H and O–H groups in total. The van der Waals surface area contributed by atoms with E-state index in [2.05, 4.69) is 5.32 Å². The van der Waals surface area contributed by atoms with Gasteiger partial charge in [0.25, 0.3) is 0 Å². The van der Waals surface area contributed by atoms with Gasteiger partial charge in [-0.1, -0.05) is 30.3 Å². The molecule has 0 spiro atoms. The van der Waals surface area contributed by atoms with E-state index in [-0.39, 0.29) is 12.4 Å². The second-order valence-electron chi connectivity index (χ2n) is 5.74. The first-order chi connectivity index (χ1) is 12.1. The number of alkyl carbamates (subject to hydrolysis) is 1. The van der Waals surface area contributed by atoms with Gasteiger partial charge in [-0.05, 0) is 29.8 Å². The molecule has 25 heavy (non-hydrogen) atoms. The van der Waals surface area contributed by atoms with Crippen LogP contribution in [-0.2, 0) is 4.74 Å². The molecule has 0 aliphatic heterocycles. The number of hydrogen-bond acceptors (Lipinski definition) is 4. The molecule has 0 bridgehead atoms. The predicted octanol–water partition coefficient (Wildman–Crippen LogP) is 2.65. The Morgan fingerprint density at radius 3 is 2.68 bits per heavy atom. The van der Waals surface area contributed by atoms with Crippen LogP contribution >= 0.6 is 0 Å². The van der Waals surface area contributed by atoms with Gasteiger partial charge in [0.05, 0.1) is 6.04 Å². The highest BCUT2D eigenvalue weighted by molar-refractivity contribution is 5.82. The zero-order chi connectivity index (χ0) is 17.8. The van der Waals surface area contributed by atoms with E-state index in [1.807, 2.05) is 47.2 Å². The van der Waals surface area contributed by atoms with E-state index in [9.17, 15) is 15.0 Å². The molecular weight excluding hydrogens is 320 g/mol. The summed E-state index contributed by atoms with van der Waals surface area (Å²) in [5.41, 5.74) is 1.76. The number of nitrogens with zero attached hydrogens (tertiary/aromatic N) is 1. The Bertz CT molecular complexity index is 860. The number of aliphatic hydroxyl groups excluding tert-OH is 1. The van der Waals surface area contributed by atoms with Crippen LogP contribution in [0.2, 0.25) is 0 Å². The second-order valence-corrected chi connectivity index (χ2v) is 5.74. The van der Waals surface area contributed by atoms with Crippen LogP contribution < -0.4 is 5.32 Å². The van der Waals surface area contributed by atoms with Crippen LogP contribution in [0.25, 0.3) is 10.9 Å². The van der Waals surface area contributed by atoms with Crippen molar-refractivity contribution in [3.05, 3.63) is 66.4 Å². The summed E-state index contributed by atoms with van der Waals surface area (Å²) in [7, 11) is 1.47. The highest BCUT2D eigenvalue weighted by atomic mass is 16.6. The third kappa shape index (κ3) is 3.59. The average molecular weight is 340 g/mol. The van der Waals surface area contributed by atoms with E-state index in [0.717, 1.165) is 16.5 Å². The highest BCUT2D eigenvalue weighted by Crippen LogP contribution is 2.29. The standard InChI is InChI=1S/C19H20N2O4/c1-20-19(24)25-12-17(23)18(13-5-3-2-4-6-13)21-10-9-14-11-15(22)7-8-16(14)21/h2-11,17-18,22-23H,12H2,1H3,(H,20,24)/t17-,18-/m0/s1. The molecule has 3 rings (SSSR count). The van der Waals surface area contributed by atoms with Gasteiger partial charge in [0.1, 0.15) is 18.5 Å². The number of carbonyl (C=O) groups excluding carboxylic acids is 1. The van der Waals surface area contributed by atoms with E-state index in [1.54, 1.807) is 18.2 Å². The summed E-state index contributed by atoms with van der Waals surface area (Å²) in [5, 5.41) is 23.6. The Morgan fingerprint density at radius 1 is 1.20 bits per heavy atom. The summed E-state index contributed by atoms with van der Waals surface area (Å²) < 4.78 is 6.95. The van der Waals surface area contributed by atoms with Gasteiger partial charge in [-0.15, -0.1) is 0 Å². The average Bonchev–Trinajstić information content (AvgIpc) is 3.03. The lowest BCUT2D eigenvalue weighted by atomic mass is 10.0. The van der Waals surface area contributed by atoms with Crippen LogP contribution in [0.4, 0.5) is 4.79 Å². The smallest absolute Gasteiger partial charge is 0.406 e. The van der Waals surface area contributed by atoms with Crippen molar-refractivity contribution in [1.29, 1.82) is 0 Å². The van der Waals surface area contributed by atoms with Crippen LogP contribution in [-0.4, -0.2) is 40.6 Å². The van der Waals surface area contributed by atoms with Gasteiger partial charge in [0.2, 0.25) is 0 Å². The van der Waals surface area contributed by atoms with Crippen molar-refractivity contribution < 1.29 is 19.7 Å². The number of benzene rings is 2. The molecule has 0 saturated heterocycles. The summed E-state index contributed by atoms with van der Waals surface area (Å²) in [4.78, 5) is 11.3. The second kappa shape index (κ2) is 7.27. The van der Waals surface area contributed by atoms with Crippen molar-refractivity contribution in [2.75, 3.05) is 13.7 Å². The van der Waals surface area contributed by atoms with Gasteiger partial charge in [-0.25, -0.2) is 4.79 Å². The maximum absolute atomic E-state index is 11.3. The molecule has 2 atom stereocenters. The van der Waals surface area contributed by atoms with Crippen molar-refractivity contribution >= 4 is 17.0 Å². The summed E-state index contributed by atoms with van der Waals surface area (Å²) >= 11 is 0. The Balaban J connectivity index is 2.00. The maximum Gasteiger partial charge on any atom is 0.406 e. The molecule has 0 radical (unpaired) electrons. The topological polar surface area (TPSA) is 83.7 Å². The number of fused-ring (bicyclic) bond motifs is 1. The van der Waals surface area contributed by atoms with Gasteiger partial charge in [-0.2, -0.15) is 0 Å². The zero-order valence-electron chi connectivity index (χ0n) is 13.8. The van der Waals surface area contributed by atoms with E-state index in [1.165, 1.54) is 7.05 Å². The molecule has 6 nitrogen and oxygen atoms in total. The summed E-state index contributed by atoms with van der Waals surface area (Å²) in [5.74, 6) is 0.185. The van der Waals surface area contributed by atoms with E-state index < -0.39 is 18.2 Å². The molecule has 0 aliphatic rings. The minimum atomic E-state index is -0.941. The molecular formula is C19H20N2O4. The molecule has 0 saturated carbocycles. The lowest BCUT2D eigenvalue weighted by molar-refractivity contribution is 0.0477. The molecule has 1 amide bonds. The Kier molecular flexibility index (Phi) is 4.90. The monoisotopic (exact) mass is 340 g/mol. The number of rotatable bonds is 5. The van der Waals surface area contributed by atoms with Crippen molar-refractivity contribution in [2.45, 2.75) is 12.1 Å². The Labute approximate surface area is 145 Å². The van der Waals surface area contributed by atoms with Crippen LogP contribution in [0.1, 0.15) is 11.6 Å². The van der Waals surface area contributed by atoms with E-state index in [0.29, 0.717) is 0 Å². The molecule has 0 unspecified atom stereocenters. The number of aromatic nitrogens is 1. The number of carbonyl (C=O) groups is 1. The van der Waals surface area contributed by atoms with Crippen molar-refractivity contribution in [3.63, 3.8) is 0 Å². The molecule has 6 heteroatoms. The molecule has 1 heterocycles. The Hall–Kier alpha value is -2.99. The summed E-state index contributed by atoms with van der Waals surface area (Å²) in [6, 6.07) is 16.0. The first kappa shape index (κ1) is 16.9. The third-order valence-corrected chi connectivity index (χ3v) is 4.10. The molecule has 3 aromatic rings. The number of phenolic OH excluding ortho intramolecular Hbond substituents is 1. The third-order valence-electron chi connectivity index (χ3n) is 4.10. The zero-order valence-corrected chi connectivity index (χ0v) is 13.8. The Morgan fingerprint density at radius 2 is 1.96 bits per heavy atom. The summed E-state index contributed by atoms with van der Waals surface area (Å²) in [6.07, 6.45) is 0.322. The normalized spacial score (nSPS) is 13.4. The van der Waals surface area contributed by atoms with E-state index >= 15 is 0 Å². The number of aromatic hydroxyl groups is 1. The van der Waals surface area contributed by atoms with Crippen molar-refractivity contribution in [1.82, 2.24) is 9.88 Å². The maximum atomic E-state index is 11.3. The van der Waals surface area contributed by atoms with Gasteiger partial charge in [0, 0.05) is 24.1 Å². The highest BCUT2D eigenvalue weighted by Gasteiger charge is 2.25. The first-order valence-electron chi connectivity index (χ1n) is 7.97. The number of hydrogen-bond donors (Lipinski definition) is 3. The largest absolute Gasteiger partial charge is 0.508 e. The van der Waals surface area contributed by atoms with Crippen LogP contribution in [0, 0.1) is 0 Å². The molecule has 0 aliphatic carbocycles. The van der Waals surface area contributed by atoms with Crippen LogP contribution in [0.5, 0.6) is 5.75 Å². The summed E-state index contributed by atoms with van der Waals surface area (Å²) in [6.45, 7) is -0.142. The molecule has 2 aromatic carbocycles. The lowest BCUT2D eigenvalue weighted by Gasteiger charge is -2.26. The van der Waals surface area contributed by atoms with Crippen LogP contribution in [0.15, 0.2) is 60.8 Å². The van der Waals surface area contributed by atoms with Crippen molar-refractivity contribution in [2.24, 2.45) is 0 Å². The minimum Gasteiger partial charge on any atom is -0.508 e. The number of phenols is 1. The predicted molar refractivity (Wildman–Crippen MR) is 94.6 cm³/mol. The van der Waals surface area contributed by atoms with Gasteiger partial charge in [-0.3, -0.25) is 0 Å². The van der Waals surface area contributed by atoms with Gasteiger partial charge < -0.3 is 24.8 Å². The molecule has 1 aromatic heterocycles. The fourth-order valence-electron chi connectivity index (χ4n) is 2.94. The number of amides is 1. The lowest BCUT2D eigenvalue weighted by Crippen LogP contribution is -2.32. The first-order valence-corrected chi connectivity index (χ1v) is 7.97. The van der Waals surface area contributed by atoms with Crippen molar-refractivity contribution in [3.8, 4) is 5.75 Å². The van der Waals surface area contributed by atoms with E-state index in [4.69, 9.17) is 4.74 Å². The fourth-order valence-corrected chi connectivity index (χ4v) is 2.94. The minimum absolute atomic E-state index is 0.142. The fraction of sp³-hybridized carbons (Fsp3) is 0.211. The van der Waals surface area contributed by atoms with Crippen LogP contribution in [0.3, 0.4) is 0 Å². The number of nitrogens with one attached hydrogen (secondary N) is 1. The number of aliphatic hydroxyl groups is 1. The van der Waals surface area contributed by atoms with Gasteiger partial charge in [0.15, 0.2) is 0 Å². The number of ether oxygens (including phenoxy) is 1. The molecule has 0 fully saturated rings. The SMILES string of the molecule is CNC(=O)OC[C@H](O)[C@H](c1ccccc1)n1ccc2cc(O)ccc21. The quantitative estimate of drug-likeness (QED) is 0.667. The van der Waals surface area contributed by atoms with Gasteiger partial charge >= 0.3 is 6.09 Å².